The Morgan fingerprint density at radius 1 is 1.14 bits per heavy atom. The van der Waals surface area contributed by atoms with Crippen LogP contribution in [0.4, 0.5) is 29.1 Å². The highest BCUT2D eigenvalue weighted by Crippen LogP contribution is 2.69. The molecule has 1 saturated carbocycles. The van der Waals surface area contributed by atoms with E-state index in [4.69, 9.17) is 16.1 Å². The number of piperazine rings is 1. The molecule has 4 aliphatic heterocycles. The van der Waals surface area contributed by atoms with Gasteiger partial charge in [-0.25, -0.2) is 17.6 Å². The van der Waals surface area contributed by atoms with Crippen LogP contribution in [0.2, 0.25) is 0 Å². The lowest BCUT2D eigenvalue weighted by Crippen LogP contribution is -2.51. The molecule has 10 nitrogen and oxygen atoms in total. The number of nitrogens with one attached hydrogen (secondary N) is 1. The molecule has 1 spiro atoms. The molecule has 0 radical (unpaired) electrons. The molecule has 4 saturated heterocycles. The first kappa shape index (κ1) is 31.3. The standard InChI is InChI=1S/C36H32F4N6O4/c1-2-23-26(37)7-4-19-10-22(47)11-24(28(19)23)29-27(46(48)49)12-25-31(30(29)38)42-33(43-32(25)44-13-20-5-6-21(14-44)41-20)50-18-35-8-3-9-45(35)17-34(15-35)16-36(34,39)40/h1,4,7,10-12,20-21,41,47H,3,5-6,8-9,13-18H2/t20-,21+,34-,35+/m0/s1. The van der Waals surface area contributed by atoms with Crippen molar-refractivity contribution in [3.05, 3.63) is 57.6 Å². The fourth-order valence-electron chi connectivity index (χ4n) is 9.27. The third-order valence-electron chi connectivity index (χ3n) is 11.6. The van der Waals surface area contributed by atoms with Crippen molar-refractivity contribution in [3.8, 4) is 35.2 Å². The summed E-state index contributed by atoms with van der Waals surface area (Å²) in [5, 5.41) is 27.2. The Kier molecular flexibility index (Phi) is 6.65. The number of ether oxygens (including phenoxy) is 1. The molecule has 4 atom stereocenters. The van der Waals surface area contributed by atoms with Crippen LogP contribution in [-0.4, -0.2) is 81.2 Å². The number of anilines is 1. The van der Waals surface area contributed by atoms with Crippen molar-refractivity contribution in [2.45, 2.75) is 62.1 Å². The molecule has 5 heterocycles. The van der Waals surface area contributed by atoms with E-state index in [9.17, 15) is 28.4 Å². The Hall–Kier alpha value is -4.74. The molecule has 5 aliphatic rings. The number of aromatic hydroxyl groups is 1. The molecule has 9 rings (SSSR count). The average molecular weight is 689 g/mol. The summed E-state index contributed by atoms with van der Waals surface area (Å²) in [6.07, 6.45) is 9.13. The van der Waals surface area contributed by atoms with E-state index in [1.165, 1.54) is 18.2 Å². The molecular formula is C36H32F4N6O4. The monoisotopic (exact) mass is 688 g/mol. The van der Waals surface area contributed by atoms with Gasteiger partial charge in [-0.1, -0.05) is 12.0 Å². The van der Waals surface area contributed by atoms with E-state index in [0.717, 1.165) is 31.4 Å². The quantitative estimate of drug-likeness (QED) is 0.110. The summed E-state index contributed by atoms with van der Waals surface area (Å²) in [6.45, 7) is 2.00. The van der Waals surface area contributed by atoms with Crippen molar-refractivity contribution >= 4 is 33.2 Å². The summed E-state index contributed by atoms with van der Waals surface area (Å²) in [5.74, 6) is -2.42. The maximum atomic E-state index is 17.2. The summed E-state index contributed by atoms with van der Waals surface area (Å²) < 4.78 is 67.4. The van der Waals surface area contributed by atoms with Gasteiger partial charge in [0.25, 0.3) is 11.6 Å². The highest BCUT2D eigenvalue weighted by Gasteiger charge is 2.77. The smallest absolute Gasteiger partial charge is 0.319 e. The number of benzene rings is 3. The molecular weight excluding hydrogens is 656 g/mol. The van der Waals surface area contributed by atoms with E-state index < -0.39 is 44.7 Å². The molecule has 14 heteroatoms. The van der Waals surface area contributed by atoms with Crippen LogP contribution in [0, 0.1) is 39.5 Å². The van der Waals surface area contributed by atoms with Crippen LogP contribution < -0.4 is 15.0 Å². The van der Waals surface area contributed by atoms with Crippen molar-refractivity contribution in [2.75, 3.05) is 37.7 Å². The Balaban J connectivity index is 1.22. The van der Waals surface area contributed by atoms with E-state index in [0.29, 0.717) is 26.1 Å². The summed E-state index contributed by atoms with van der Waals surface area (Å²) in [6, 6.07) is 6.18. The van der Waals surface area contributed by atoms with E-state index in [1.807, 2.05) is 4.90 Å². The zero-order chi connectivity index (χ0) is 34.7. The van der Waals surface area contributed by atoms with Crippen molar-refractivity contribution in [1.82, 2.24) is 20.2 Å². The van der Waals surface area contributed by atoms with E-state index >= 15 is 4.39 Å². The normalized spacial score (nSPS) is 28.0. The van der Waals surface area contributed by atoms with Gasteiger partial charge in [0, 0.05) is 55.2 Å². The number of fused-ring (bicyclic) bond motifs is 5. The topological polar surface area (TPSA) is 117 Å². The molecule has 2 N–H and O–H groups in total. The number of terminal acetylenes is 1. The van der Waals surface area contributed by atoms with E-state index in [-0.39, 0.29) is 88.5 Å². The molecule has 5 fully saturated rings. The van der Waals surface area contributed by atoms with Crippen LogP contribution in [0.1, 0.15) is 44.1 Å². The van der Waals surface area contributed by atoms with Gasteiger partial charge in [0.15, 0.2) is 5.82 Å². The maximum Gasteiger partial charge on any atom is 0.319 e. The number of aromatic nitrogens is 2. The van der Waals surface area contributed by atoms with Gasteiger partial charge in [-0.3, -0.25) is 15.0 Å². The second kappa shape index (κ2) is 10.6. The molecule has 4 aromatic rings. The van der Waals surface area contributed by atoms with Crippen molar-refractivity contribution in [3.63, 3.8) is 0 Å². The molecule has 0 unspecified atom stereocenters. The first-order chi connectivity index (χ1) is 23.9. The van der Waals surface area contributed by atoms with E-state index in [1.54, 1.807) is 0 Å². The summed E-state index contributed by atoms with van der Waals surface area (Å²) in [5.41, 5.74) is -3.57. The van der Waals surface area contributed by atoms with E-state index in [2.05, 4.69) is 21.1 Å². The number of halogens is 4. The molecule has 1 aliphatic carbocycles. The van der Waals surface area contributed by atoms with Gasteiger partial charge in [-0.2, -0.15) is 9.97 Å². The van der Waals surface area contributed by atoms with Crippen molar-refractivity contribution < 1.29 is 32.3 Å². The lowest BCUT2D eigenvalue weighted by Gasteiger charge is -2.34. The van der Waals surface area contributed by atoms with Gasteiger partial charge in [0.1, 0.15) is 29.5 Å². The lowest BCUT2D eigenvalue weighted by molar-refractivity contribution is -0.384. The number of phenolic OH excluding ortho intramolecular Hbond substituents is 1. The highest BCUT2D eigenvalue weighted by molar-refractivity contribution is 6.06. The van der Waals surface area contributed by atoms with Crippen LogP contribution in [0.15, 0.2) is 30.3 Å². The Bertz CT molecular complexity index is 2180. The molecule has 3 aromatic carbocycles. The predicted octanol–water partition coefficient (Wildman–Crippen LogP) is 5.91. The summed E-state index contributed by atoms with van der Waals surface area (Å²) >= 11 is 0. The highest BCUT2D eigenvalue weighted by atomic mass is 19.3. The minimum absolute atomic E-state index is 0.0172. The number of phenols is 1. The third-order valence-corrected chi connectivity index (χ3v) is 11.6. The fourth-order valence-corrected chi connectivity index (χ4v) is 9.27. The molecule has 1 aromatic heterocycles. The van der Waals surface area contributed by atoms with Gasteiger partial charge in [0.05, 0.1) is 32.4 Å². The molecule has 258 valence electrons. The van der Waals surface area contributed by atoms with Gasteiger partial charge < -0.3 is 20.1 Å². The van der Waals surface area contributed by atoms with Gasteiger partial charge in [-0.05, 0) is 62.2 Å². The Morgan fingerprint density at radius 2 is 1.90 bits per heavy atom. The number of nitro benzene ring substituents is 1. The van der Waals surface area contributed by atoms with Crippen molar-refractivity contribution in [2.24, 2.45) is 5.41 Å². The maximum absolute atomic E-state index is 17.2. The number of alkyl halides is 2. The number of hydrogen-bond donors (Lipinski definition) is 2. The van der Waals surface area contributed by atoms with Crippen LogP contribution in [0.25, 0.3) is 32.8 Å². The first-order valence-corrected chi connectivity index (χ1v) is 16.8. The molecule has 50 heavy (non-hydrogen) atoms. The molecule has 2 bridgehead atoms. The SMILES string of the molecule is C#Cc1c(F)ccc2cc(O)cc(-c3c([N+](=O)[O-])cc4c(N5C[C@H]6CC[C@@H](C5)N6)nc(OC[C@]56CCCN5C[C@@]5(CC5(F)F)C6)nc4c3F)c12. The van der Waals surface area contributed by atoms with Crippen molar-refractivity contribution in [1.29, 1.82) is 0 Å². The average Bonchev–Trinajstić information content (AvgIpc) is 3.40. The van der Waals surface area contributed by atoms with Gasteiger partial charge in [-0.15, -0.1) is 6.42 Å². The predicted molar refractivity (Wildman–Crippen MR) is 176 cm³/mol. The fraction of sp³-hybridized carbons (Fsp3) is 0.444. The van der Waals surface area contributed by atoms with Gasteiger partial charge >= 0.3 is 6.01 Å². The number of nitrogens with zero attached hydrogens (tertiary/aromatic N) is 5. The second-order valence-electron chi connectivity index (χ2n) is 14.6. The first-order valence-electron chi connectivity index (χ1n) is 16.8. The van der Waals surface area contributed by atoms with Gasteiger partial charge in [0.2, 0.25) is 0 Å². The minimum atomic E-state index is -2.72. The van der Waals surface area contributed by atoms with Crippen LogP contribution >= 0.6 is 0 Å². The number of hydrogen-bond acceptors (Lipinski definition) is 9. The number of rotatable bonds is 6. The van der Waals surface area contributed by atoms with Crippen LogP contribution in [0.3, 0.4) is 0 Å². The summed E-state index contributed by atoms with van der Waals surface area (Å²) in [7, 11) is 0. The Labute approximate surface area is 283 Å². The second-order valence-corrected chi connectivity index (χ2v) is 14.6. The minimum Gasteiger partial charge on any atom is -0.508 e. The van der Waals surface area contributed by atoms with Crippen LogP contribution in [0.5, 0.6) is 11.8 Å². The Morgan fingerprint density at radius 3 is 2.60 bits per heavy atom. The zero-order valence-corrected chi connectivity index (χ0v) is 26.8. The largest absolute Gasteiger partial charge is 0.508 e. The zero-order valence-electron chi connectivity index (χ0n) is 26.8. The third kappa shape index (κ3) is 4.55. The lowest BCUT2D eigenvalue weighted by atomic mass is 9.89. The summed E-state index contributed by atoms with van der Waals surface area (Å²) in [4.78, 5) is 25.1. The van der Waals surface area contributed by atoms with Crippen LogP contribution in [-0.2, 0) is 0 Å². The molecule has 0 amide bonds. The number of nitro groups is 1.